The first kappa shape index (κ1) is 22.8. The Labute approximate surface area is 179 Å². The van der Waals surface area contributed by atoms with Gasteiger partial charge in [-0.05, 0) is 30.5 Å². The van der Waals surface area contributed by atoms with Crippen molar-refractivity contribution in [3.63, 3.8) is 0 Å². The zero-order chi connectivity index (χ0) is 22.1. The summed E-state index contributed by atoms with van der Waals surface area (Å²) in [5.74, 6) is 0.515. The van der Waals surface area contributed by atoms with E-state index in [1.54, 1.807) is 0 Å². The molecule has 0 saturated heterocycles. The SMILES string of the molecule is C=C1NCCCCCNCCNc2nc(nc(OCC(F)(F)F)n2)Cc2ccc1cc2. The van der Waals surface area contributed by atoms with Crippen LogP contribution in [0.2, 0.25) is 0 Å². The highest BCUT2D eigenvalue weighted by atomic mass is 19.4. The molecule has 2 aliphatic heterocycles. The number of aromatic nitrogens is 3. The number of halogens is 3. The van der Waals surface area contributed by atoms with Crippen LogP contribution < -0.4 is 20.7 Å². The molecule has 2 aliphatic rings. The second kappa shape index (κ2) is 10.9. The summed E-state index contributed by atoms with van der Waals surface area (Å²) in [6, 6.07) is 7.40. The van der Waals surface area contributed by atoms with Crippen LogP contribution >= 0.6 is 0 Å². The maximum atomic E-state index is 12.5. The third-order valence-electron chi connectivity index (χ3n) is 4.64. The third kappa shape index (κ3) is 8.05. The number of ether oxygens (including phenoxy) is 1. The van der Waals surface area contributed by atoms with Crippen molar-refractivity contribution in [2.45, 2.75) is 31.9 Å². The molecule has 7 nitrogen and oxygen atoms in total. The minimum Gasteiger partial charge on any atom is -0.454 e. The zero-order valence-electron chi connectivity index (χ0n) is 17.3. The Hall–Kier alpha value is -2.88. The Bertz CT molecular complexity index is 857. The molecule has 0 radical (unpaired) electrons. The summed E-state index contributed by atoms with van der Waals surface area (Å²) < 4.78 is 42.4. The van der Waals surface area contributed by atoms with Crippen LogP contribution in [0.25, 0.3) is 5.70 Å². The first-order chi connectivity index (χ1) is 14.9. The third-order valence-corrected chi connectivity index (χ3v) is 4.64. The summed E-state index contributed by atoms with van der Waals surface area (Å²) in [6.07, 6.45) is -0.939. The summed E-state index contributed by atoms with van der Waals surface area (Å²) in [6.45, 7) is 5.58. The first-order valence-corrected chi connectivity index (χ1v) is 10.3. The highest BCUT2D eigenvalue weighted by Gasteiger charge is 2.29. The van der Waals surface area contributed by atoms with Gasteiger partial charge in [-0.15, -0.1) is 0 Å². The van der Waals surface area contributed by atoms with E-state index in [0.29, 0.717) is 25.3 Å². The highest BCUT2D eigenvalue weighted by Crippen LogP contribution is 2.18. The van der Waals surface area contributed by atoms with Gasteiger partial charge in [0.15, 0.2) is 6.61 Å². The van der Waals surface area contributed by atoms with Crippen molar-refractivity contribution in [3.05, 3.63) is 47.8 Å². The van der Waals surface area contributed by atoms with E-state index in [4.69, 9.17) is 4.74 Å². The summed E-state index contributed by atoms with van der Waals surface area (Å²) in [5.41, 5.74) is 2.75. The van der Waals surface area contributed by atoms with Crippen LogP contribution in [0.1, 0.15) is 36.2 Å². The molecule has 3 N–H and O–H groups in total. The fraction of sp³-hybridized carbons (Fsp3) is 0.476. The Morgan fingerprint density at radius 2 is 1.68 bits per heavy atom. The number of nitrogens with zero attached hydrogens (tertiary/aromatic N) is 3. The van der Waals surface area contributed by atoms with Gasteiger partial charge in [0.05, 0.1) is 0 Å². The highest BCUT2D eigenvalue weighted by molar-refractivity contribution is 5.61. The van der Waals surface area contributed by atoms with Gasteiger partial charge in [0.1, 0.15) is 5.82 Å². The lowest BCUT2D eigenvalue weighted by Crippen LogP contribution is -2.24. The molecule has 10 heteroatoms. The van der Waals surface area contributed by atoms with E-state index in [2.05, 4.69) is 37.5 Å². The number of rotatable bonds is 2. The summed E-state index contributed by atoms with van der Waals surface area (Å²) >= 11 is 0. The molecule has 0 fully saturated rings. The van der Waals surface area contributed by atoms with Crippen molar-refractivity contribution >= 4 is 11.6 Å². The first-order valence-electron chi connectivity index (χ1n) is 10.3. The lowest BCUT2D eigenvalue weighted by Gasteiger charge is -2.12. The average Bonchev–Trinajstić information content (AvgIpc) is 2.73. The molecule has 168 valence electrons. The second-order valence-corrected chi connectivity index (χ2v) is 7.28. The predicted molar refractivity (Wildman–Crippen MR) is 113 cm³/mol. The fourth-order valence-corrected chi connectivity index (χ4v) is 3.05. The van der Waals surface area contributed by atoms with Crippen LogP contribution in [0, 0.1) is 0 Å². The molecule has 2 aromatic rings. The maximum absolute atomic E-state index is 12.5. The van der Waals surface area contributed by atoms with Crippen molar-refractivity contribution in [3.8, 4) is 6.01 Å². The van der Waals surface area contributed by atoms with E-state index in [0.717, 1.165) is 49.2 Å². The van der Waals surface area contributed by atoms with Crippen molar-refractivity contribution < 1.29 is 17.9 Å². The zero-order valence-corrected chi connectivity index (χ0v) is 17.3. The van der Waals surface area contributed by atoms with Crippen molar-refractivity contribution in [1.29, 1.82) is 0 Å². The molecule has 0 aliphatic carbocycles. The number of fused-ring (bicyclic) bond motifs is 12. The molecule has 0 amide bonds. The smallest absolute Gasteiger partial charge is 0.422 e. The molecule has 0 spiro atoms. The van der Waals surface area contributed by atoms with Crippen LogP contribution in [0.5, 0.6) is 6.01 Å². The fourth-order valence-electron chi connectivity index (χ4n) is 3.05. The number of hydrogen-bond donors (Lipinski definition) is 3. The standard InChI is InChI=1S/C21H27F3N6O/c1-15-17-7-5-16(6-8-17)13-18-28-19(30-20(29-18)31-14-21(22,23)24)27-12-11-25-9-3-2-4-10-26-15/h5-8,25-26H,1-4,9-14H2,(H,27,28,29,30). The summed E-state index contributed by atoms with van der Waals surface area (Å²) in [5, 5.41) is 9.69. The second-order valence-electron chi connectivity index (χ2n) is 7.28. The lowest BCUT2D eigenvalue weighted by molar-refractivity contribution is -0.154. The van der Waals surface area contributed by atoms with Gasteiger partial charge in [0, 0.05) is 31.8 Å². The molecule has 1 aromatic carbocycles. The molecule has 0 unspecified atom stereocenters. The van der Waals surface area contributed by atoms with E-state index in [1.165, 1.54) is 0 Å². The van der Waals surface area contributed by atoms with E-state index >= 15 is 0 Å². The number of benzene rings is 1. The van der Waals surface area contributed by atoms with Gasteiger partial charge >= 0.3 is 12.2 Å². The van der Waals surface area contributed by atoms with Gasteiger partial charge < -0.3 is 20.7 Å². The van der Waals surface area contributed by atoms with Crippen molar-refractivity contribution in [2.75, 3.05) is 38.1 Å². The van der Waals surface area contributed by atoms with Crippen molar-refractivity contribution in [2.24, 2.45) is 0 Å². The molecule has 3 heterocycles. The van der Waals surface area contributed by atoms with Gasteiger partial charge in [-0.25, -0.2) is 0 Å². The van der Waals surface area contributed by atoms with Gasteiger partial charge in [-0.2, -0.15) is 28.1 Å². The van der Waals surface area contributed by atoms with Gasteiger partial charge in [0.25, 0.3) is 0 Å². The van der Waals surface area contributed by atoms with E-state index in [9.17, 15) is 13.2 Å². The Balaban J connectivity index is 1.79. The molecule has 0 atom stereocenters. The Morgan fingerprint density at radius 3 is 2.45 bits per heavy atom. The van der Waals surface area contributed by atoms with E-state index < -0.39 is 12.8 Å². The maximum Gasteiger partial charge on any atom is 0.422 e. The van der Waals surface area contributed by atoms with Crippen molar-refractivity contribution in [1.82, 2.24) is 25.6 Å². The molecule has 0 saturated carbocycles. The number of anilines is 1. The van der Waals surface area contributed by atoms with Crippen LogP contribution in [0.3, 0.4) is 0 Å². The van der Waals surface area contributed by atoms with Crippen LogP contribution in [-0.4, -0.2) is 53.9 Å². The Morgan fingerprint density at radius 1 is 0.903 bits per heavy atom. The van der Waals surface area contributed by atoms with Crippen LogP contribution in [-0.2, 0) is 6.42 Å². The molecule has 31 heavy (non-hydrogen) atoms. The van der Waals surface area contributed by atoms with Crippen LogP contribution in [0.4, 0.5) is 19.1 Å². The van der Waals surface area contributed by atoms with E-state index in [-0.39, 0.29) is 12.0 Å². The summed E-state index contributed by atoms with van der Waals surface area (Å²) in [7, 11) is 0. The average molecular weight is 436 g/mol. The minimum absolute atomic E-state index is 0.191. The molecular weight excluding hydrogens is 409 g/mol. The number of nitrogens with one attached hydrogen (secondary N) is 3. The molecular formula is C21H27F3N6O. The Kier molecular flexibility index (Phi) is 8.05. The number of alkyl halides is 3. The lowest BCUT2D eigenvalue weighted by atomic mass is 10.1. The number of hydrogen-bond acceptors (Lipinski definition) is 7. The summed E-state index contributed by atoms with van der Waals surface area (Å²) in [4.78, 5) is 12.4. The largest absolute Gasteiger partial charge is 0.454 e. The van der Waals surface area contributed by atoms with Gasteiger partial charge in [-0.1, -0.05) is 37.3 Å². The predicted octanol–water partition coefficient (Wildman–Crippen LogP) is 3.15. The van der Waals surface area contributed by atoms with Gasteiger partial charge in [-0.3, -0.25) is 0 Å². The molecule has 4 bridgehead atoms. The van der Waals surface area contributed by atoms with Gasteiger partial charge in [0.2, 0.25) is 5.95 Å². The molecule has 4 rings (SSSR count). The van der Waals surface area contributed by atoms with E-state index in [1.807, 2.05) is 24.3 Å². The topological polar surface area (TPSA) is 84.0 Å². The monoisotopic (exact) mass is 436 g/mol. The normalized spacial score (nSPS) is 16.4. The molecule has 1 aromatic heterocycles. The van der Waals surface area contributed by atoms with Crippen LogP contribution in [0.15, 0.2) is 30.8 Å². The minimum atomic E-state index is -4.47. The quantitative estimate of drug-likeness (QED) is 0.667.